The predicted octanol–water partition coefficient (Wildman–Crippen LogP) is 3.67. The summed E-state index contributed by atoms with van der Waals surface area (Å²) in [4.78, 5) is 0. The monoisotopic (exact) mass is 233 g/mol. The average Bonchev–Trinajstić information content (AvgIpc) is 2.76. The van der Waals surface area contributed by atoms with Crippen LogP contribution in [-0.2, 0) is 0 Å². The molecule has 3 heteroatoms. The van der Waals surface area contributed by atoms with E-state index in [2.05, 4.69) is 5.32 Å². The molecule has 0 amide bonds. The van der Waals surface area contributed by atoms with Crippen LogP contribution in [0.2, 0.25) is 0 Å². The van der Waals surface area contributed by atoms with Gasteiger partial charge in [0.25, 0.3) is 0 Å². The van der Waals surface area contributed by atoms with Gasteiger partial charge in [-0.05, 0) is 56.8 Å². The van der Waals surface area contributed by atoms with Gasteiger partial charge in [0.2, 0.25) is 0 Å². The summed E-state index contributed by atoms with van der Waals surface area (Å²) in [6.45, 7) is 3.88. The van der Waals surface area contributed by atoms with E-state index < -0.39 is 0 Å². The zero-order chi connectivity index (χ0) is 12.4. The fourth-order valence-corrected chi connectivity index (χ4v) is 1.76. The van der Waals surface area contributed by atoms with E-state index in [0.717, 1.165) is 16.9 Å². The van der Waals surface area contributed by atoms with Crippen LogP contribution in [0, 0.1) is 12.7 Å². The van der Waals surface area contributed by atoms with Crippen LogP contribution in [0.4, 0.5) is 4.39 Å². The van der Waals surface area contributed by atoms with E-state index >= 15 is 0 Å². The zero-order valence-electron chi connectivity index (χ0n) is 10.3. The molecule has 0 radical (unpaired) electrons. The van der Waals surface area contributed by atoms with Crippen molar-refractivity contribution in [3.63, 3.8) is 0 Å². The van der Waals surface area contributed by atoms with Gasteiger partial charge in [0.15, 0.2) is 0 Å². The second-order valence-electron chi connectivity index (χ2n) is 4.23. The van der Waals surface area contributed by atoms with Gasteiger partial charge in [-0.1, -0.05) is 0 Å². The molecule has 1 heterocycles. The van der Waals surface area contributed by atoms with Crippen LogP contribution < -0.4 is 5.32 Å². The van der Waals surface area contributed by atoms with Gasteiger partial charge < -0.3 is 9.73 Å². The van der Waals surface area contributed by atoms with E-state index in [0.29, 0.717) is 5.76 Å². The summed E-state index contributed by atoms with van der Waals surface area (Å²) >= 11 is 0. The molecule has 0 fully saturated rings. The molecule has 0 saturated heterocycles. The van der Waals surface area contributed by atoms with Gasteiger partial charge in [-0.25, -0.2) is 4.39 Å². The quantitative estimate of drug-likeness (QED) is 0.875. The Labute approximate surface area is 100 Å². The molecular formula is C14H16FNO. The molecule has 1 aromatic heterocycles. The Morgan fingerprint density at radius 3 is 2.65 bits per heavy atom. The highest BCUT2D eigenvalue weighted by molar-refractivity contribution is 5.58. The van der Waals surface area contributed by atoms with Gasteiger partial charge in [0.1, 0.15) is 17.3 Å². The number of rotatable bonds is 3. The number of benzene rings is 1. The molecule has 0 aliphatic carbocycles. The summed E-state index contributed by atoms with van der Waals surface area (Å²) in [6.07, 6.45) is 0. The van der Waals surface area contributed by atoms with Crippen molar-refractivity contribution >= 4 is 0 Å². The molecule has 0 spiro atoms. The Hall–Kier alpha value is -1.61. The first-order valence-corrected chi connectivity index (χ1v) is 5.64. The normalized spacial score (nSPS) is 12.7. The van der Waals surface area contributed by atoms with E-state index in [1.54, 1.807) is 0 Å². The Morgan fingerprint density at radius 1 is 1.24 bits per heavy atom. The van der Waals surface area contributed by atoms with Crippen molar-refractivity contribution in [1.29, 1.82) is 0 Å². The van der Waals surface area contributed by atoms with Crippen molar-refractivity contribution in [2.45, 2.75) is 19.9 Å². The largest absolute Gasteiger partial charge is 0.459 e. The Balaban J connectivity index is 2.36. The number of aryl methyl sites for hydroxylation is 1. The molecule has 0 aliphatic heterocycles. The Kier molecular flexibility index (Phi) is 3.29. The molecule has 90 valence electrons. The highest BCUT2D eigenvalue weighted by Gasteiger charge is 2.10. The molecule has 1 aromatic carbocycles. The third kappa shape index (κ3) is 2.56. The van der Waals surface area contributed by atoms with Crippen LogP contribution in [0.1, 0.15) is 24.3 Å². The highest BCUT2D eigenvalue weighted by Crippen LogP contribution is 2.26. The fraction of sp³-hybridized carbons (Fsp3) is 0.286. The fourth-order valence-electron chi connectivity index (χ4n) is 1.76. The van der Waals surface area contributed by atoms with Crippen molar-refractivity contribution in [3.05, 3.63) is 47.5 Å². The summed E-state index contributed by atoms with van der Waals surface area (Å²) in [5.41, 5.74) is 1.66. The van der Waals surface area contributed by atoms with E-state index in [1.807, 2.05) is 39.1 Å². The number of hydrogen-bond donors (Lipinski definition) is 1. The third-order valence-corrected chi connectivity index (χ3v) is 2.81. The van der Waals surface area contributed by atoms with Crippen molar-refractivity contribution in [1.82, 2.24) is 5.32 Å². The number of hydrogen-bond acceptors (Lipinski definition) is 2. The third-order valence-electron chi connectivity index (χ3n) is 2.81. The molecule has 0 aliphatic rings. The Morgan fingerprint density at radius 2 is 2.00 bits per heavy atom. The number of nitrogens with one attached hydrogen (secondary N) is 1. The lowest BCUT2D eigenvalue weighted by molar-refractivity contribution is 0.458. The molecule has 2 aromatic rings. The van der Waals surface area contributed by atoms with E-state index in [-0.39, 0.29) is 11.9 Å². The highest BCUT2D eigenvalue weighted by atomic mass is 19.1. The van der Waals surface area contributed by atoms with Gasteiger partial charge in [-0.15, -0.1) is 0 Å². The molecule has 2 nitrogen and oxygen atoms in total. The summed E-state index contributed by atoms with van der Waals surface area (Å²) in [6, 6.07) is 8.84. The molecule has 17 heavy (non-hydrogen) atoms. The van der Waals surface area contributed by atoms with Gasteiger partial charge in [0, 0.05) is 5.56 Å². The van der Waals surface area contributed by atoms with E-state index in [1.165, 1.54) is 12.1 Å². The molecule has 0 saturated carbocycles. The van der Waals surface area contributed by atoms with E-state index in [4.69, 9.17) is 4.42 Å². The van der Waals surface area contributed by atoms with Crippen LogP contribution in [0.15, 0.2) is 34.7 Å². The van der Waals surface area contributed by atoms with Gasteiger partial charge in [-0.3, -0.25) is 0 Å². The lowest BCUT2D eigenvalue weighted by atomic mass is 10.1. The van der Waals surface area contributed by atoms with Crippen molar-refractivity contribution in [2.24, 2.45) is 0 Å². The minimum absolute atomic E-state index is 0.151. The summed E-state index contributed by atoms with van der Waals surface area (Å²) in [5, 5.41) is 3.10. The maximum absolute atomic E-state index is 13.3. The van der Waals surface area contributed by atoms with E-state index in [9.17, 15) is 4.39 Å². The SMILES string of the molecule is CNC(C)c1ccc(-c2cc(C)cc(F)c2)o1. The standard InChI is InChI=1S/C14H16FNO/c1-9-6-11(8-12(15)7-9)14-5-4-13(17-14)10(2)16-3/h4-8,10,16H,1-3H3. The topological polar surface area (TPSA) is 25.2 Å². The van der Waals surface area contributed by atoms with Crippen LogP contribution in [0.5, 0.6) is 0 Å². The van der Waals surface area contributed by atoms with Gasteiger partial charge >= 0.3 is 0 Å². The van der Waals surface area contributed by atoms with Crippen molar-refractivity contribution in [3.8, 4) is 11.3 Å². The number of halogens is 1. The molecular weight excluding hydrogens is 217 g/mol. The lowest BCUT2D eigenvalue weighted by Gasteiger charge is -2.06. The first kappa shape index (κ1) is 11.9. The van der Waals surface area contributed by atoms with Gasteiger partial charge in [0.05, 0.1) is 6.04 Å². The number of furan rings is 1. The lowest BCUT2D eigenvalue weighted by Crippen LogP contribution is -2.10. The predicted molar refractivity (Wildman–Crippen MR) is 66.3 cm³/mol. The second-order valence-corrected chi connectivity index (χ2v) is 4.23. The zero-order valence-corrected chi connectivity index (χ0v) is 10.3. The second kappa shape index (κ2) is 4.72. The van der Waals surface area contributed by atoms with Crippen LogP contribution in [-0.4, -0.2) is 7.05 Å². The maximum atomic E-state index is 13.3. The van der Waals surface area contributed by atoms with Crippen LogP contribution in [0.25, 0.3) is 11.3 Å². The molecule has 2 rings (SSSR count). The van der Waals surface area contributed by atoms with Gasteiger partial charge in [-0.2, -0.15) is 0 Å². The summed E-state index contributed by atoms with van der Waals surface area (Å²) in [7, 11) is 1.87. The minimum Gasteiger partial charge on any atom is -0.459 e. The molecule has 1 unspecified atom stereocenters. The molecule has 1 atom stereocenters. The molecule has 1 N–H and O–H groups in total. The average molecular weight is 233 g/mol. The molecule has 0 bridgehead atoms. The van der Waals surface area contributed by atoms with Crippen LogP contribution >= 0.6 is 0 Å². The van der Waals surface area contributed by atoms with Crippen molar-refractivity contribution in [2.75, 3.05) is 7.05 Å². The first-order valence-electron chi connectivity index (χ1n) is 5.64. The minimum atomic E-state index is -0.236. The smallest absolute Gasteiger partial charge is 0.134 e. The summed E-state index contributed by atoms with van der Waals surface area (Å²) in [5.74, 6) is 1.31. The maximum Gasteiger partial charge on any atom is 0.134 e. The first-order chi connectivity index (χ1) is 8.10. The van der Waals surface area contributed by atoms with Crippen molar-refractivity contribution < 1.29 is 8.81 Å². The Bertz CT molecular complexity index is 498. The summed E-state index contributed by atoms with van der Waals surface area (Å²) < 4.78 is 19.0. The van der Waals surface area contributed by atoms with Crippen LogP contribution in [0.3, 0.4) is 0 Å².